The Kier molecular flexibility index (Phi) is 5.31. The molecule has 0 amide bonds. The van der Waals surface area contributed by atoms with E-state index in [2.05, 4.69) is 67.4 Å². The van der Waals surface area contributed by atoms with E-state index in [0.29, 0.717) is 6.04 Å². The van der Waals surface area contributed by atoms with Gasteiger partial charge in [-0.25, -0.2) is 0 Å². The summed E-state index contributed by atoms with van der Waals surface area (Å²) in [4.78, 5) is 2.18. The van der Waals surface area contributed by atoms with Gasteiger partial charge in [0.25, 0.3) is 0 Å². The summed E-state index contributed by atoms with van der Waals surface area (Å²) in [6, 6.07) is 17.8. The molecule has 2 saturated carbocycles. The zero-order valence-corrected chi connectivity index (χ0v) is 17.9. The summed E-state index contributed by atoms with van der Waals surface area (Å²) in [5.74, 6) is 0. The molecule has 1 unspecified atom stereocenters. The van der Waals surface area contributed by atoms with Crippen molar-refractivity contribution in [1.29, 1.82) is 0 Å². The Hall–Kier alpha value is -1.02. The Labute approximate surface area is 173 Å². The molecular weight excluding hydrogens is 373 g/mol. The highest BCUT2D eigenvalue weighted by Gasteiger charge is 2.48. The highest BCUT2D eigenvalue weighted by Crippen LogP contribution is 2.58. The Balaban J connectivity index is 1.49. The maximum atomic E-state index is 6.85. The molecule has 0 radical (unpaired) electrons. The molecule has 0 spiro atoms. The summed E-state index contributed by atoms with van der Waals surface area (Å²) < 4.78 is 0. The molecular formula is C24H29Cl2N. The number of halogens is 2. The molecule has 0 aliphatic heterocycles. The van der Waals surface area contributed by atoms with Crippen molar-refractivity contribution in [3.8, 4) is 0 Å². The van der Waals surface area contributed by atoms with Crippen LogP contribution in [-0.4, -0.2) is 18.0 Å². The van der Waals surface area contributed by atoms with E-state index in [1.54, 1.807) is 0 Å². The number of hydrogen-bond donors (Lipinski definition) is 0. The molecule has 3 heteroatoms. The molecule has 0 heterocycles. The minimum Gasteiger partial charge on any atom is -0.299 e. The molecule has 1 nitrogen and oxygen atoms in total. The molecule has 0 saturated heterocycles. The zero-order valence-electron chi connectivity index (χ0n) is 16.3. The third-order valence-corrected chi connectivity index (χ3v) is 7.52. The Bertz CT molecular complexity index is 757. The summed E-state index contributed by atoms with van der Waals surface area (Å²) in [6.07, 6.45) is 6.52. The van der Waals surface area contributed by atoms with Crippen molar-refractivity contribution in [3.63, 3.8) is 0 Å². The molecule has 1 atom stereocenters. The normalized spacial score (nSPS) is 20.5. The monoisotopic (exact) mass is 401 g/mol. The number of alkyl halides is 2. The standard InChI is InChI=1S/C24H29Cl2N/c1-18(27(2)17-19-7-4-3-5-8-19)11-12-20-21(23(25)13-14-23)9-6-10-22(20)24(26)15-16-24/h3-10,18H,11-17H2,1-2H3. The van der Waals surface area contributed by atoms with E-state index in [4.69, 9.17) is 23.2 Å². The van der Waals surface area contributed by atoms with Crippen molar-refractivity contribution < 1.29 is 0 Å². The summed E-state index contributed by atoms with van der Waals surface area (Å²) >= 11 is 13.7. The van der Waals surface area contributed by atoms with Gasteiger partial charge >= 0.3 is 0 Å². The Morgan fingerprint density at radius 2 is 1.44 bits per heavy atom. The average Bonchev–Trinajstić information content (AvgIpc) is 3.59. The fraction of sp³-hybridized carbons (Fsp3) is 0.500. The van der Waals surface area contributed by atoms with Gasteiger partial charge in [-0.3, -0.25) is 4.90 Å². The smallest absolute Gasteiger partial charge is 0.0699 e. The van der Waals surface area contributed by atoms with E-state index < -0.39 is 0 Å². The number of benzene rings is 2. The topological polar surface area (TPSA) is 3.24 Å². The highest BCUT2D eigenvalue weighted by atomic mass is 35.5. The van der Waals surface area contributed by atoms with Gasteiger partial charge in [-0.15, -0.1) is 23.2 Å². The molecule has 2 aromatic carbocycles. The van der Waals surface area contributed by atoms with Crippen LogP contribution in [0.2, 0.25) is 0 Å². The van der Waals surface area contributed by atoms with Crippen LogP contribution in [-0.2, 0) is 22.7 Å². The molecule has 2 fully saturated rings. The first-order valence-corrected chi connectivity index (χ1v) is 10.9. The third kappa shape index (κ3) is 4.21. The van der Waals surface area contributed by atoms with E-state index in [-0.39, 0.29) is 9.75 Å². The number of hydrogen-bond acceptors (Lipinski definition) is 1. The first-order chi connectivity index (χ1) is 12.9. The van der Waals surface area contributed by atoms with Gasteiger partial charge in [0.05, 0.1) is 9.75 Å². The second kappa shape index (κ2) is 7.43. The van der Waals surface area contributed by atoms with Gasteiger partial charge < -0.3 is 0 Å². The van der Waals surface area contributed by atoms with Crippen LogP contribution in [0.1, 0.15) is 61.3 Å². The average molecular weight is 402 g/mol. The van der Waals surface area contributed by atoms with E-state index >= 15 is 0 Å². The van der Waals surface area contributed by atoms with E-state index in [1.165, 1.54) is 22.3 Å². The van der Waals surface area contributed by atoms with Crippen LogP contribution in [0.4, 0.5) is 0 Å². The van der Waals surface area contributed by atoms with E-state index in [1.807, 2.05) is 0 Å². The summed E-state index contributed by atoms with van der Waals surface area (Å²) in [5.41, 5.74) is 5.47. The van der Waals surface area contributed by atoms with Gasteiger partial charge in [0.2, 0.25) is 0 Å². The summed E-state index contributed by atoms with van der Waals surface area (Å²) in [6.45, 7) is 3.31. The molecule has 0 bridgehead atoms. The van der Waals surface area contributed by atoms with Crippen molar-refractivity contribution >= 4 is 23.2 Å². The molecule has 144 valence electrons. The predicted octanol–water partition coefficient (Wildman–Crippen LogP) is 6.60. The van der Waals surface area contributed by atoms with Gasteiger partial charge in [-0.2, -0.15) is 0 Å². The first-order valence-electron chi connectivity index (χ1n) is 10.2. The van der Waals surface area contributed by atoms with E-state index in [9.17, 15) is 0 Å². The molecule has 4 rings (SSSR count). The largest absolute Gasteiger partial charge is 0.299 e. The maximum absolute atomic E-state index is 6.85. The quantitative estimate of drug-likeness (QED) is 0.450. The second-order valence-corrected chi connectivity index (χ2v) is 10.00. The molecule has 2 aliphatic rings. The summed E-state index contributed by atoms with van der Waals surface area (Å²) in [7, 11) is 2.22. The predicted molar refractivity (Wildman–Crippen MR) is 116 cm³/mol. The number of rotatable bonds is 8. The van der Waals surface area contributed by atoms with Crippen molar-refractivity contribution in [2.75, 3.05) is 7.05 Å². The van der Waals surface area contributed by atoms with E-state index in [0.717, 1.165) is 45.1 Å². The second-order valence-electron chi connectivity index (χ2n) is 8.55. The van der Waals surface area contributed by atoms with Crippen molar-refractivity contribution in [1.82, 2.24) is 4.90 Å². The lowest BCUT2D eigenvalue weighted by molar-refractivity contribution is 0.238. The van der Waals surface area contributed by atoms with Crippen LogP contribution >= 0.6 is 23.2 Å². The van der Waals surface area contributed by atoms with Crippen LogP contribution in [0.5, 0.6) is 0 Å². The van der Waals surface area contributed by atoms with Crippen molar-refractivity contribution in [2.45, 2.75) is 67.8 Å². The lowest BCUT2D eigenvalue weighted by Crippen LogP contribution is -2.29. The van der Waals surface area contributed by atoms with Gasteiger partial charge in [0, 0.05) is 12.6 Å². The fourth-order valence-electron chi connectivity index (χ4n) is 4.05. The zero-order chi connectivity index (χ0) is 19.1. The Morgan fingerprint density at radius 3 is 1.96 bits per heavy atom. The molecule has 2 aliphatic carbocycles. The lowest BCUT2D eigenvalue weighted by atomic mass is 9.90. The van der Waals surface area contributed by atoms with Crippen molar-refractivity contribution in [2.24, 2.45) is 0 Å². The summed E-state index contributed by atoms with van der Waals surface area (Å²) in [5, 5.41) is 0. The SMILES string of the molecule is CC(CCc1c(C2(Cl)CC2)cccc1C1(Cl)CC1)N(C)Cc1ccccc1. The van der Waals surface area contributed by atoms with Gasteiger partial charge in [0.15, 0.2) is 0 Å². The van der Waals surface area contributed by atoms with Crippen LogP contribution < -0.4 is 0 Å². The van der Waals surface area contributed by atoms with Crippen LogP contribution in [0, 0.1) is 0 Å². The minimum atomic E-state index is -0.132. The van der Waals surface area contributed by atoms with Gasteiger partial charge in [-0.1, -0.05) is 48.5 Å². The molecule has 2 aromatic rings. The third-order valence-electron chi connectivity index (χ3n) is 6.36. The maximum Gasteiger partial charge on any atom is 0.0699 e. The van der Waals surface area contributed by atoms with Gasteiger partial charge in [0.1, 0.15) is 0 Å². The van der Waals surface area contributed by atoms with Crippen molar-refractivity contribution in [3.05, 3.63) is 70.8 Å². The fourth-order valence-corrected chi connectivity index (χ4v) is 4.60. The minimum absolute atomic E-state index is 0.132. The number of nitrogens with zero attached hydrogens (tertiary/aromatic N) is 1. The first kappa shape index (κ1) is 19.3. The van der Waals surface area contributed by atoms with Gasteiger partial charge in [-0.05, 0) is 74.8 Å². The Morgan fingerprint density at radius 1 is 0.889 bits per heavy atom. The van der Waals surface area contributed by atoms with Crippen LogP contribution in [0.15, 0.2) is 48.5 Å². The molecule has 0 N–H and O–H groups in total. The molecule has 27 heavy (non-hydrogen) atoms. The van der Waals surface area contributed by atoms with Crippen LogP contribution in [0.3, 0.4) is 0 Å². The lowest BCUT2D eigenvalue weighted by Gasteiger charge is -2.27. The van der Waals surface area contributed by atoms with Crippen LogP contribution in [0.25, 0.3) is 0 Å². The molecule has 0 aromatic heterocycles. The highest BCUT2D eigenvalue weighted by molar-refractivity contribution is 6.27.